The van der Waals surface area contributed by atoms with Gasteiger partial charge in [0.2, 0.25) is 0 Å². The molecule has 0 bridgehead atoms. The molecule has 0 N–H and O–H groups in total. The van der Waals surface area contributed by atoms with Crippen LogP contribution in [0.15, 0.2) is 0 Å². The molecule has 3 saturated carbocycles. The van der Waals surface area contributed by atoms with Crippen LogP contribution in [0.4, 0.5) is 0 Å². The molecular formula is C23H42. The van der Waals surface area contributed by atoms with Gasteiger partial charge in [-0.3, -0.25) is 0 Å². The van der Waals surface area contributed by atoms with Crippen LogP contribution in [0.5, 0.6) is 0 Å². The van der Waals surface area contributed by atoms with Gasteiger partial charge in [0.1, 0.15) is 0 Å². The molecule has 23 heavy (non-hydrogen) atoms. The van der Waals surface area contributed by atoms with Gasteiger partial charge in [0.25, 0.3) is 0 Å². The molecule has 0 amide bonds. The van der Waals surface area contributed by atoms with E-state index in [1.165, 1.54) is 6.42 Å². The summed E-state index contributed by atoms with van der Waals surface area (Å²) < 4.78 is 0. The zero-order chi connectivity index (χ0) is 17.7. The van der Waals surface area contributed by atoms with Gasteiger partial charge in [-0.2, -0.15) is 0 Å². The second-order valence-electron chi connectivity index (χ2n) is 11.5. The first-order valence-corrected chi connectivity index (χ1v) is 10.3. The van der Waals surface area contributed by atoms with Gasteiger partial charge < -0.3 is 0 Å². The first-order valence-electron chi connectivity index (χ1n) is 10.3. The Kier molecular flexibility index (Phi) is 3.55. The van der Waals surface area contributed by atoms with Crippen molar-refractivity contribution in [2.24, 2.45) is 63.1 Å². The minimum Gasteiger partial charge on any atom is -0.0649 e. The highest BCUT2D eigenvalue weighted by atomic mass is 15.0. The van der Waals surface area contributed by atoms with Crippen LogP contribution in [0, 0.1) is 63.1 Å². The summed E-state index contributed by atoms with van der Waals surface area (Å²) in [5, 5.41) is 0. The molecule has 0 nitrogen and oxygen atoms in total. The second kappa shape index (κ2) is 4.59. The van der Waals surface area contributed by atoms with Crippen LogP contribution in [0.3, 0.4) is 0 Å². The van der Waals surface area contributed by atoms with Crippen LogP contribution in [-0.2, 0) is 0 Å². The smallest absolute Gasteiger partial charge is 0.0176 e. The molecule has 8 unspecified atom stereocenters. The van der Waals surface area contributed by atoms with Crippen molar-refractivity contribution in [3.8, 4) is 0 Å². The number of fused-ring (bicyclic) bond motifs is 1. The van der Waals surface area contributed by atoms with Crippen molar-refractivity contribution < 1.29 is 0 Å². The van der Waals surface area contributed by atoms with Crippen LogP contribution < -0.4 is 0 Å². The molecular weight excluding hydrogens is 276 g/mol. The van der Waals surface area contributed by atoms with Crippen molar-refractivity contribution in [2.45, 2.75) is 82.6 Å². The van der Waals surface area contributed by atoms with E-state index in [0.29, 0.717) is 21.7 Å². The van der Waals surface area contributed by atoms with E-state index in [-0.39, 0.29) is 0 Å². The van der Waals surface area contributed by atoms with Gasteiger partial charge in [0.15, 0.2) is 0 Å². The summed E-state index contributed by atoms with van der Waals surface area (Å²) in [6, 6.07) is 0. The molecule has 0 aromatic heterocycles. The van der Waals surface area contributed by atoms with Gasteiger partial charge in [-0.15, -0.1) is 0 Å². The summed E-state index contributed by atoms with van der Waals surface area (Å²) in [5.74, 6) is 6.68. The predicted molar refractivity (Wildman–Crippen MR) is 101 cm³/mol. The molecule has 134 valence electrons. The lowest BCUT2D eigenvalue weighted by Crippen LogP contribution is -2.62. The lowest BCUT2D eigenvalue weighted by atomic mass is 9.37. The maximum absolute atomic E-state index is 2.68. The molecule has 0 radical (unpaired) electrons. The largest absolute Gasteiger partial charge is 0.0649 e. The first kappa shape index (κ1) is 17.8. The lowest BCUT2D eigenvalue weighted by Gasteiger charge is -2.67. The Morgan fingerprint density at radius 3 is 1.83 bits per heavy atom. The zero-order valence-corrected chi connectivity index (χ0v) is 17.7. The maximum Gasteiger partial charge on any atom is -0.0176 e. The monoisotopic (exact) mass is 318 g/mol. The van der Waals surface area contributed by atoms with E-state index >= 15 is 0 Å². The van der Waals surface area contributed by atoms with E-state index in [1.54, 1.807) is 0 Å². The van der Waals surface area contributed by atoms with Gasteiger partial charge in [0, 0.05) is 0 Å². The SMILES string of the molecule is CCC(C)(C)C(C)(C)C1(C)C2C(C(C)C(C)C(C)C)C3C2C31C. The Bertz CT molecular complexity index is 498. The summed E-state index contributed by atoms with van der Waals surface area (Å²) >= 11 is 0. The first-order chi connectivity index (χ1) is 10.3. The van der Waals surface area contributed by atoms with Crippen LogP contribution in [0.25, 0.3) is 0 Å². The fourth-order valence-electron chi connectivity index (χ4n) is 7.68. The van der Waals surface area contributed by atoms with Crippen LogP contribution in [0.1, 0.15) is 82.6 Å². The van der Waals surface area contributed by atoms with Crippen molar-refractivity contribution in [2.75, 3.05) is 0 Å². The van der Waals surface area contributed by atoms with Crippen LogP contribution in [-0.4, -0.2) is 0 Å². The van der Waals surface area contributed by atoms with Crippen LogP contribution in [0.2, 0.25) is 0 Å². The molecule has 0 aromatic carbocycles. The summed E-state index contributed by atoms with van der Waals surface area (Å²) in [6.07, 6.45) is 1.29. The maximum atomic E-state index is 2.68. The molecule has 3 aliphatic carbocycles. The van der Waals surface area contributed by atoms with Crippen molar-refractivity contribution in [1.29, 1.82) is 0 Å². The molecule has 0 saturated heterocycles. The lowest BCUT2D eigenvalue weighted by molar-refractivity contribution is -0.195. The zero-order valence-electron chi connectivity index (χ0n) is 17.7. The Hall–Kier alpha value is 0. The average molecular weight is 319 g/mol. The summed E-state index contributed by atoms with van der Waals surface area (Å²) in [6.45, 7) is 27.9. The molecule has 0 aliphatic heterocycles. The Morgan fingerprint density at radius 2 is 1.39 bits per heavy atom. The predicted octanol–water partition coefficient (Wildman–Crippen LogP) is 6.90. The standard InChI is InChI=1S/C23H42/c1-12-20(6,7)21(8,9)23(11)18-16(15(5)14(4)13(2)3)17-19(18)22(17,23)10/h13-19H,12H2,1-11H3. The number of hydrogen-bond acceptors (Lipinski definition) is 0. The average Bonchev–Trinajstić information content (AvgIpc) is 2.78. The quantitative estimate of drug-likeness (QED) is 0.500. The van der Waals surface area contributed by atoms with Crippen molar-refractivity contribution in [3.63, 3.8) is 0 Å². The van der Waals surface area contributed by atoms with Crippen molar-refractivity contribution in [1.82, 2.24) is 0 Å². The van der Waals surface area contributed by atoms with Crippen molar-refractivity contribution in [3.05, 3.63) is 0 Å². The molecule has 3 aliphatic rings. The van der Waals surface area contributed by atoms with Crippen LogP contribution >= 0.6 is 0 Å². The fourth-order valence-corrected chi connectivity index (χ4v) is 7.68. The molecule has 0 heterocycles. The number of rotatable bonds is 6. The molecule has 0 heteroatoms. The highest BCUT2D eigenvalue weighted by Crippen LogP contribution is 2.99. The summed E-state index contributed by atoms with van der Waals surface area (Å²) in [5.41, 5.74) is 2.01. The van der Waals surface area contributed by atoms with Gasteiger partial charge >= 0.3 is 0 Å². The van der Waals surface area contributed by atoms with Gasteiger partial charge in [-0.25, -0.2) is 0 Å². The minimum atomic E-state index is 0.412. The highest BCUT2D eigenvalue weighted by Gasteiger charge is 2.96. The normalized spacial score (nSPS) is 47.5. The van der Waals surface area contributed by atoms with Crippen molar-refractivity contribution >= 4 is 0 Å². The van der Waals surface area contributed by atoms with Gasteiger partial charge in [-0.1, -0.05) is 82.6 Å². The minimum absolute atomic E-state index is 0.412. The Labute approximate surface area is 146 Å². The van der Waals surface area contributed by atoms with E-state index in [1.807, 2.05) is 0 Å². The Balaban J connectivity index is 1.91. The summed E-state index contributed by atoms with van der Waals surface area (Å²) in [7, 11) is 0. The van der Waals surface area contributed by atoms with E-state index in [2.05, 4.69) is 76.2 Å². The Morgan fingerprint density at radius 1 is 0.870 bits per heavy atom. The third-order valence-electron chi connectivity index (χ3n) is 11.0. The third kappa shape index (κ3) is 1.61. The van der Waals surface area contributed by atoms with Gasteiger partial charge in [-0.05, 0) is 63.1 Å². The second-order valence-corrected chi connectivity index (χ2v) is 11.5. The summed E-state index contributed by atoms with van der Waals surface area (Å²) in [4.78, 5) is 0. The number of hydrogen-bond donors (Lipinski definition) is 0. The van der Waals surface area contributed by atoms with E-state index < -0.39 is 0 Å². The van der Waals surface area contributed by atoms with E-state index in [4.69, 9.17) is 0 Å². The molecule has 0 aromatic rings. The highest BCUT2D eigenvalue weighted by molar-refractivity contribution is 5.42. The molecule has 3 fully saturated rings. The molecule has 0 spiro atoms. The van der Waals surface area contributed by atoms with Gasteiger partial charge in [0.05, 0.1) is 0 Å². The molecule has 3 rings (SSSR count). The van der Waals surface area contributed by atoms with E-state index in [0.717, 1.165) is 41.4 Å². The topological polar surface area (TPSA) is 0 Å². The molecule has 8 atom stereocenters. The third-order valence-corrected chi connectivity index (χ3v) is 11.0. The fraction of sp³-hybridized carbons (Fsp3) is 1.00. The van der Waals surface area contributed by atoms with E-state index in [9.17, 15) is 0 Å².